The van der Waals surface area contributed by atoms with Gasteiger partial charge in [-0.15, -0.1) is 0 Å². The van der Waals surface area contributed by atoms with Gasteiger partial charge >= 0.3 is 5.97 Å². The molecule has 0 saturated carbocycles. The summed E-state index contributed by atoms with van der Waals surface area (Å²) >= 11 is 0. The number of aliphatic hydroxyl groups is 2. The Hall–Kier alpha value is -1.99. The molecular formula is C30H42O6. The zero-order valence-corrected chi connectivity index (χ0v) is 21.5. The summed E-state index contributed by atoms with van der Waals surface area (Å²) in [6.45, 7) is 6.29. The summed E-state index contributed by atoms with van der Waals surface area (Å²) in [7, 11) is 0. The van der Waals surface area contributed by atoms with E-state index >= 15 is 0 Å². The number of aliphatic hydroxyl groups excluding tert-OH is 2. The Labute approximate surface area is 215 Å². The van der Waals surface area contributed by atoms with Crippen LogP contribution in [0, 0.1) is 5.92 Å². The molecule has 6 heteroatoms. The molecule has 3 aliphatic heterocycles. The third-order valence-electron chi connectivity index (χ3n) is 7.60. The van der Waals surface area contributed by atoms with Crippen molar-refractivity contribution in [2.45, 2.75) is 114 Å². The van der Waals surface area contributed by atoms with E-state index in [0.29, 0.717) is 25.2 Å². The van der Waals surface area contributed by atoms with E-state index in [0.717, 1.165) is 50.5 Å². The molecule has 6 unspecified atom stereocenters. The molecule has 2 bridgehead atoms. The summed E-state index contributed by atoms with van der Waals surface area (Å²) in [5.74, 6) is -0.114. The van der Waals surface area contributed by atoms with Crippen molar-refractivity contribution in [1.82, 2.24) is 0 Å². The highest BCUT2D eigenvalue weighted by atomic mass is 16.6. The molecule has 0 amide bonds. The van der Waals surface area contributed by atoms with Crippen LogP contribution in [-0.2, 0) is 19.0 Å². The molecule has 198 valence electrons. The zero-order chi connectivity index (χ0) is 25.5. The number of esters is 1. The van der Waals surface area contributed by atoms with Crippen molar-refractivity contribution in [1.29, 1.82) is 0 Å². The van der Waals surface area contributed by atoms with Crippen molar-refractivity contribution in [2.75, 3.05) is 0 Å². The molecule has 1 saturated heterocycles. The van der Waals surface area contributed by atoms with Gasteiger partial charge in [-0.05, 0) is 70.6 Å². The van der Waals surface area contributed by atoms with Crippen molar-refractivity contribution in [3.8, 4) is 0 Å². The maximum absolute atomic E-state index is 12.6. The van der Waals surface area contributed by atoms with E-state index in [2.05, 4.69) is 25.7 Å². The number of epoxide rings is 1. The van der Waals surface area contributed by atoms with Gasteiger partial charge in [0.2, 0.25) is 0 Å². The Kier molecular flexibility index (Phi) is 9.77. The fraction of sp³-hybridized carbons (Fsp3) is 0.633. The molecule has 0 aromatic rings. The Morgan fingerprint density at radius 1 is 1.17 bits per heavy atom. The highest BCUT2D eigenvalue weighted by Crippen LogP contribution is 2.34. The standard InChI is InChI=1S/C30H42O6/c1-20-7-3-9-22(17-20)15-16-25(31)27-19-28-30(36-28)26(32)18-21(2)8-4-10-23-11-5-12-24(34-23)13-6-14-29(33)35-27/h5-7,12,14-16,22-28,30-32H,2-4,8-11,13,17-19H2,1H3/b14-6-,16-15+/t22?,23?,24?,25?,26-,27?,28-,30?/m0/s1. The maximum atomic E-state index is 12.6. The van der Waals surface area contributed by atoms with Crippen molar-refractivity contribution in [3.05, 3.63) is 60.3 Å². The van der Waals surface area contributed by atoms with E-state index in [4.69, 9.17) is 14.2 Å². The van der Waals surface area contributed by atoms with Gasteiger partial charge in [0.1, 0.15) is 18.3 Å². The van der Waals surface area contributed by atoms with E-state index in [1.165, 1.54) is 11.6 Å². The quantitative estimate of drug-likeness (QED) is 0.328. The second-order valence-electron chi connectivity index (χ2n) is 10.8. The van der Waals surface area contributed by atoms with Crippen LogP contribution in [0.1, 0.15) is 71.1 Å². The van der Waals surface area contributed by atoms with Crippen LogP contribution < -0.4 is 0 Å². The SMILES string of the molecule is C=C1CCCC2CC=CC(C/C=C\C(=O)OC(C(O)/C=C/C3CCC=C(C)C3)C[C@@H]3OC3[C@@H](O)C1)O2. The smallest absolute Gasteiger partial charge is 0.330 e. The molecule has 0 radical (unpaired) electrons. The second-order valence-corrected chi connectivity index (χ2v) is 10.8. The summed E-state index contributed by atoms with van der Waals surface area (Å²) in [4.78, 5) is 12.6. The van der Waals surface area contributed by atoms with Crippen LogP contribution in [0.5, 0.6) is 0 Å². The van der Waals surface area contributed by atoms with Gasteiger partial charge in [-0.1, -0.05) is 54.2 Å². The summed E-state index contributed by atoms with van der Waals surface area (Å²) in [5, 5.41) is 21.6. The van der Waals surface area contributed by atoms with Gasteiger partial charge in [-0.2, -0.15) is 0 Å². The van der Waals surface area contributed by atoms with Gasteiger partial charge in [-0.25, -0.2) is 4.79 Å². The number of carbonyl (C=O) groups excluding carboxylic acids is 1. The lowest BCUT2D eigenvalue weighted by atomic mass is 9.89. The van der Waals surface area contributed by atoms with Crippen LogP contribution in [0.3, 0.4) is 0 Å². The average Bonchev–Trinajstić information content (AvgIpc) is 3.61. The number of rotatable bonds is 3. The topological polar surface area (TPSA) is 88.5 Å². The van der Waals surface area contributed by atoms with Crippen LogP contribution in [0.15, 0.2) is 60.3 Å². The number of ether oxygens (including phenoxy) is 3. The summed E-state index contributed by atoms with van der Waals surface area (Å²) in [6.07, 6.45) is 18.8. The summed E-state index contributed by atoms with van der Waals surface area (Å²) in [6, 6.07) is 0. The summed E-state index contributed by atoms with van der Waals surface area (Å²) in [5.41, 5.74) is 2.37. The van der Waals surface area contributed by atoms with Gasteiger partial charge < -0.3 is 24.4 Å². The molecule has 2 N–H and O–H groups in total. The molecule has 0 aromatic carbocycles. The molecule has 36 heavy (non-hydrogen) atoms. The number of carbonyl (C=O) groups is 1. The van der Waals surface area contributed by atoms with E-state index in [-0.39, 0.29) is 24.4 Å². The van der Waals surface area contributed by atoms with Crippen molar-refractivity contribution in [3.63, 3.8) is 0 Å². The number of hydrogen-bond acceptors (Lipinski definition) is 6. The molecule has 0 aromatic heterocycles. The maximum Gasteiger partial charge on any atom is 0.330 e. The van der Waals surface area contributed by atoms with Crippen LogP contribution in [0.25, 0.3) is 0 Å². The van der Waals surface area contributed by atoms with Gasteiger partial charge in [0, 0.05) is 12.5 Å². The molecule has 8 atom stereocenters. The fourth-order valence-corrected chi connectivity index (χ4v) is 5.50. The molecule has 1 fully saturated rings. The molecule has 4 rings (SSSR count). The summed E-state index contributed by atoms with van der Waals surface area (Å²) < 4.78 is 17.6. The highest BCUT2D eigenvalue weighted by Gasteiger charge is 2.46. The van der Waals surface area contributed by atoms with Gasteiger partial charge in [0.05, 0.1) is 24.4 Å². The van der Waals surface area contributed by atoms with E-state index in [1.54, 1.807) is 12.2 Å². The number of cyclic esters (lactones) is 1. The van der Waals surface area contributed by atoms with Crippen LogP contribution in [-0.4, -0.2) is 58.9 Å². The lowest BCUT2D eigenvalue weighted by molar-refractivity contribution is -0.148. The fourth-order valence-electron chi connectivity index (χ4n) is 5.50. The molecule has 6 nitrogen and oxygen atoms in total. The van der Waals surface area contributed by atoms with Gasteiger partial charge in [-0.3, -0.25) is 0 Å². The Morgan fingerprint density at radius 2 is 2.03 bits per heavy atom. The minimum Gasteiger partial charge on any atom is -0.456 e. The normalized spacial score (nSPS) is 38.3. The van der Waals surface area contributed by atoms with Crippen molar-refractivity contribution >= 4 is 5.97 Å². The Morgan fingerprint density at radius 3 is 2.86 bits per heavy atom. The predicted molar refractivity (Wildman–Crippen MR) is 139 cm³/mol. The lowest BCUT2D eigenvalue weighted by Gasteiger charge is -2.25. The molecule has 4 aliphatic rings. The average molecular weight is 499 g/mol. The van der Waals surface area contributed by atoms with Crippen molar-refractivity contribution < 1.29 is 29.2 Å². The Bertz CT molecular complexity index is 886. The molecule has 0 spiro atoms. The largest absolute Gasteiger partial charge is 0.456 e. The molecular weight excluding hydrogens is 456 g/mol. The van der Waals surface area contributed by atoms with Crippen LogP contribution in [0.4, 0.5) is 0 Å². The van der Waals surface area contributed by atoms with E-state index < -0.39 is 24.3 Å². The van der Waals surface area contributed by atoms with Crippen molar-refractivity contribution in [2.24, 2.45) is 5.92 Å². The minimum atomic E-state index is -0.943. The number of fused-ring (bicyclic) bond motifs is 3. The molecule has 3 heterocycles. The zero-order valence-electron chi connectivity index (χ0n) is 21.5. The number of allylic oxidation sites excluding steroid dienone is 3. The van der Waals surface area contributed by atoms with Gasteiger partial charge in [0.25, 0.3) is 0 Å². The van der Waals surface area contributed by atoms with Gasteiger partial charge in [0.15, 0.2) is 0 Å². The Balaban J connectivity index is 1.43. The first kappa shape index (κ1) is 27.1. The third kappa shape index (κ3) is 8.27. The minimum absolute atomic E-state index is 0.0605. The third-order valence-corrected chi connectivity index (χ3v) is 7.60. The monoisotopic (exact) mass is 498 g/mol. The van der Waals surface area contributed by atoms with E-state index in [1.807, 2.05) is 12.2 Å². The first-order chi connectivity index (χ1) is 17.4. The first-order valence-corrected chi connectivity index (χ1v) is 13.6. The van der Waals surface area contributed by atoms with E-state index in [9.17, 15) is 15.0 Å². The highest BCUT2D eigenvalue weighted by molar-refractivity contribution is 5.82. The second kappa shape index (κ2) is 13.0. The van der Waals surface area contributed by atoms with Crippen LogP contribution >= 0.6 is 0 Å². The van der Waals surface area contributed by atoms with Crippen LogP contribution in [0.2, 0.25) is 0 Å². The predicted octanol–water partition coefficient (Wildman–Crippen LogP) is 4.87. The number of hydrogen-bond donors (Lipinski definition) is 2. The lowest BCUT2D eigenvalue weighted by Crippen LogP contribution is -2.32. The molecule has 1 aliphatic carbocycles. The first-order valence-electron chi connectivity index (χ1n) is 13.6.